The number of aromatic nitrogens is 4. The topological polar surface area (TPSA) is 67.2 Å². The van der Waals surface area contributed by atoms with E-state index >= 15 is 0 Å². The number of nitrogens with zero attached hydrogens (tertiary/aromatic N) is 6. The molecule has 10 heteroatoms. The van der Waals surface area contributed by atoms with Crippen molar-refractivity contribution in [3.05, 3.63) is 65.7 Å². The van der Waals surface area contributed by atoms with Crippen molar-refractivity contribution in [2.75, 3.05) is 31.1 Å². The molecular formula is C22H23F3N6O. The number of hydrogen-bond acceptors (Lipinski definition) is 5. The van der Waals surface area contributed by atoms with Crippen molar-refractivity contribution in [3.8, 4) is 5.82 Å². The molecule has 7 nitrogen and oxygen atoms in total. The van der Waals surface area contributed by atoms with E-state index in [9.17, 15) is 18.0 Å². The van der Waals surface area contributed by atoms with Crippen molar-refractivity contribution >= 4 is 11.7 Å². The molecule has 0 bridgehead atoms. The highest BCUT2D eigenvalue weighted by molar-refractivity contribution is 5.95. The molecule has 1 fully saturated rings. The zero-order chi connectivity index (χ0) is 22.7. The number of hydrogen-bond donors (Lipinski definition) is 0. The highest BCUT2D eigenvalue weighted by Crippen LogP contribution is 2.29. The smallest absolute Gasteiger partial charge is 0.355 e. The van der Waals surface area contributed by atoms with Crippen molar-refractivity contribution in [3.63, 3.8) is 0 Å². The number of carbonyl (C=O) groups is 1. The third-order valence-corrected chi connectivity index (χ3v) is 5.48. The molecule has 0 spiro atoms. The second-order valence-corrected chi connectivity index (χ2v) is 7.49. The molecule has 3 aromatic rings. The first-order valence-electron chi connectivity index (χ1n) is 10.4. The normalized spacial score (nSPS) is 15.0. The molecule has 0 radical (unpaired) electrons. The van der Waals surface area contributed by atoms with Crippen molar-refractivity contribution < 1.29 is 18.0 Å². The maximum Gasteiger partial charge on any atom is 0.417 e. The highest BCUT2D eigenvalue weighted by atomic mass is 19.4. The molecule has 1 aliphatic rings. The average molecular weight is 444 g/mol. The molecule has 0 saturated carbocycles. The molecule has 1 aliphatic heterocycles. The molecule has 0 aliphatic carbocycles. The third-order valence-electron chi connectivity index (χ3n) is 5.48. The van der Waals surface area contributed by atoms with Gasteiger partial charge < -0.3 is 9.80 Å². The van der Waals surface area contributed by atoms with Gasteiger partial charge in [-0.05, 0) is 37.1 Å². The molecule has 0 N–H and O–H groups in total. The van der Waals surface area contributed by atoms with Crippen molar-refractivity contribution in [1.82, 2.24) is 24.6 Å². The minimum absolute atomic E-state index is 0.105. The van der Waals surface area contributed by atoms with Crippen molar-refractivity contribution in [2.45, 2.75) is 25.9 Å². The van der Waals surface area contributed by atoms with E-state index in [0.29, 0.717) is 56.2 Å². The summed E-state index contributed by atoms with van der Waals surface area (Å²) >= 11 is 0. The number of pyridine rings is 2. The van der Waals surface area contributed by atoms with Gasteiger partial charge in [-0.3, -0.25) is 4.79 Å². The summed E-state index contributed by atoms with van der Waals surface area (Å²) in [7, 11) is 0. The van der Waals surface area contributed by atoms with Crippen LogP contribution in [0.5, 0.6) is 0 Å². The third kappa shape index (κ3) is 4.44. The lowest BCUT2D eigenvalue weighted by Gasteiger charge is -2.23. The summed E-state index contributed by atoms with van der Waals surface area (Å²) in [6.45, 7) is 4.05. The van der Waals surface area contributed by atoms with Crippen LogP contribution >= 0.6 is 0 Å². The zero-order valence-corrected chi connectivity index (χ0v) is 17.6. The minimum Gasteiger partial charge on any atom is -0.355 e. The predicted molar refractivity (Wildman–Crippen MR) is 113 cm³/mol. The van der Waals surface area contributed by atoms with Crippen molar-refractivity contribution in [2.24, 2.45) is 0 Å². The van der Waals surface area contributed by atoms with Crippen LogP contribution in [0, 0.1) is 0 Å². The van der Waals surface area contributed by atoms with Gasteiger partial charge in [0.15, 0.2) is 5.82 Å². The van der Waals surface area contributed by atoms with Gasteiger partial charge in [0.1, 0.15) is 5.82 Å². The van der Waals surface area contributed by atoms with Gasteiger partial charge in [-0.15, -0.1) is 0 Å². The Morgan fingerprint density at radius 3 is 2.50 bits per heavy atom. The molecule has 4 heterocycles. The molecular weight excluding hydrogens is 421 g/mol. The SMILES string of the molecule is CCc1c(C(=O)N2CCCN(c3ccc(C(F)(F)F)cn3)CC2)cnn1-c1ccccn1. The Morgan fingerprint density at radius 2 is 1.84 bits per heavy atom. The number of halogens is 3. The lowest BCUT2D eigenvalue weighted by Crippen LogP contribution is -2.35. The Balaban J connectivity index is 1.48. The van der Waals surface area contributed by atoms with Crippen LogP contribution in [0.15, 0.2) is 48.9 Å². The molecule has 32 heavy (non-hydrogen) atoms. The fourth-order valence-electron chi connectivity index (χ4n) is 3.83. The van der Waals surface area contributed by atoms with E-state index < -0.39 is 11.7 Å². The first-order valence-corrected chi connectivity index (χ1v) is 10.4. The van der Waals surface area contributed by atoms with Gasteiger partial charge in [0.25, 0.3) is 5.91 Å². The van der Waals surface area contributed by atoms with Gasteiger partial charge >= 0.3 is 6.18 Å². The quantitative estimate of drug-likeness (QED) is 0.615. The molecule has 1 amide bonds. The van der Waals surface area contributed by atoms with Crippen LogP contribution in [-0.2, 0) is 12.6 Å². The Labute approximate surface area is 183 Å². The maximum absolute atomic E-state index is 13.3. The lowest BCUT2D eigenvalue weighted by molar-refractivity contribution is -0.137. The summed E-state index contributed by atoms with van der Waals surface area (Å²) in [5.74, 6) is 1.02. The largest absolute Gasteiger partial charge is 0.417 e. The first kappa shape index (κ1) is 21.8. The Kier molecular flexibility index (Phi) is 6.11. The number of anilines is 1. The van der Waals surface area contributed by atoms with Gasteiger partial charge in [0.2, 0.25) is 0 Å². The summed E-state index contributed by atoms with van der Waals surface area (Å²) in [6, 6.07) is 7.94. The first-order chi connectivity index (χ1) is 15.4. The Bertz CT molecular complexity index is 1070. The van der Waals surface area contributed by atoms with Crippen LogP contribution in [0.25, 0.3) is 5.82 Å². The number of rotatable bonds is 4. The minimum atomic E-state index is -4.41. The van der Waals surface area contributed by atoms with E-state index in [1.807, 2.05) is 30.0 Å². The van der Waals surface area contributed by atoms with Crippen LogP contribution in [0.3, 0.4) is 0 Å². The molecule has 4 rings (SSSR count). The van der Waals surface area contributed by atoms with Gasteiger partial charge in [-0.1, -0.05) is 13.0 Å². The van der Waals surface area contributed by atoms with E-state index in [0.717, 1.165) is 18.0 Å². The van der Waals surface area contributed by atoms with Crippen molar-refractivity contribution in [1.29, 1.82) is 0 Å². The monoisotopic (exact) mass is 444 g/mol. The van der Waals surface area contributed by atoms with Gasteiger partial charge in [-0.2, -0.15) is 18.3 Å². The van der Waals surface area contributed by atoms with E-state index in [2.05, 4.69) is 15.1 Å². The standard InChI is InChI=1S/C22H23F3N6O/c1-2-18-17(15-28-31(18)20-6-3-4-9-26-20)21(32)30-11-5-10-29(12-13-30)19-8-7-16(14-27-19)22(23,24)25/h3-4,6-9,14-15H,2,5,10-13H2,1H3. The second-order valence-electron chi connectivity index (χ2n) is 7.49. The van der Waals surface area contributed by atoms with Gasteiger partial charge in [0.05, 0.1) is 23.0 Å². The van der Waals surface area contributed by atoms with Crippen LogP contribution in [-0.4, -0.2) is 56.7 Å². The fourth-order valence-corrected chi connectivity index (χ4v) is 3.83. The molecule has 0 atom stereocenters. The predicted octanol–water partition coefficient (Wildman–Crippen LogP) is 3.60. The van der Waals surface area contributed by atoms with E-state index in [1.54, 1.807) is 22.0 Å². The van der Waals surface area contributed by atoms with E-state index in [-0.39, 0.29) is 5.91 Å². The summed E-state index contributed by atoms with van der Waals surface area (Å²) in [4.78, 5) is 25.2. The lowest BCUT2D eigenvalue weighted by atomic mass is 10.1. The van der Waals surface area contributed by atoms with Crippen LogP contribution in [0.4, 0.5) is 19.0 Å². The highest BCUT2D eigenvalue weighted by Gasteiger charge is 2.31. The molecule has 3 aromatic heterocycles. The fraction of sp³-hybridized carbons (Fsp3) is 0.364. The average Bonchev–Trinajstić information content (AvgIpc) is 3.08. The number of carbonyl (C=O) groups excluding carboxylic acids is 1. The summed E-state index contributed by atoms with van der Waals surface area (Å²) in [5.41, 5.74) is 0.559. The second kappa shape index (κ2) is 8.97. The van der Waals surface area contributed by atoms with E-state index in [4.69, 9.17) is 0 Å². The molecule has 1 saturated heterocycles. The van der Waals surface area contributed by atoms with Gasteiger partial charge in [-0.25, -0.2) is 14.6 Å². The molecule has 0 aromatic carbocycles. The Hall–Kier alpha value is -3.43. The summed E-state index contributed by atoms with van der Waals surface area (Å²) < 4.78 is 40.1. The zero-order valence-electron chi connectivity index (χ0n) is 17.6. The molecule has 0 unspecified atom stereocenters. The number of alkyl halides is 3. The van der Waals surface area contributed by atoms with E-state index in [1.165, 1.54) is 6.07 Å². The van der Waals surface area contributed by atoms with Gasteiger partial charge in [0, 0.05) is 38.6 Å². The molecule has 168 valence electrons. The van der Waals surface area contributed by atoms with Crippen LogP contribution in [0.1, 0.15) is 35.0 Å². The Morgan fingerprint density at radius 1 is 1.00 bits per heavy atom. The number of amides is 1. The summed E-state index contributed by atoms with van der Waals surface area (Å²) in [5, 5.41) is 4.38. The van der Waals surface area contributed by atoms with Crippen LogP contribution < -0.4 is 4.90 Å². The summed E-state index contributed by atoms with van der Waals surface area (Å²) in [6.07, 6.45) is 0.997. The van der Waals surface area contributed by atoms with Crippen LogP contribution in [0.2, 0.25) is 0 Å². The maximum atomic E-state index is 13.3.